The largest absolute Gasteiger partial charge is 0.481 e. The molecule has 0 fully saturated rings. The molecular weight excluding hydrogens is 366 g/mol. The van der Waals surface area contributed by atoms with Crippen molar-refractivity contribution in [3.8, 4) is 0 Å². The van der Waals surface area contributed by atoms with E-state index in [4.69, 9.17) is 10.2 Å². The Morgan fingerprint density at radius 3 is 1.34 bits per heavy atom. The minimum atomic E-state index is -0.803. The van der Waals surface area contributed by atoms with Crippen LogP contribution in [0.4, 0.5) is 17.1 Å². The number of nitrogens with zero attached hydrogens (tertiary/aromatic N) is 1. The van der Waals surface area contributed by atoms with Gasteiger partial charge in [-0.2, -0.15) is 0 Å². The Morgan fingerprint density at radius 1 is 0.586 bits per heavy atom. The van der Waals surface area contributed by atoms with E-state index in [9.17, 15) is 9.59 Å². The number of hydrogen-bond acceptors (Lipinski definition) is 3. The van der Waals surface area contributed by atoms with Gasteiger partial charge in [0.05, 0.1) is 0 Å². The Kier molecular flexibility index (Phi) is 6.63. The van der Waals surface area contributed by atoms with E-state index >= 15 is 0 Å². The summed E-state index contributed by atoms with van der Waals surface area (Å²) in [5, 5.41) is 17.7. The molecular formula is C24H23NO4. The average Bonchev–Trinajstić information content (AvgIpc) is 2.73. The monoisotopic (exact) mass is 389 g/mol. The fourth-order valence-electron chi connectivity index (χ4n) is 3.15. The summed E-state index contributed by atoms with van der Waals surface area (Å²) in [5.74, 6) is -1.61. The molecule has 0 aliphatic rings. The van der Waals surface area contributed by atoms with Crippen molar-refractivity contribution < 1.29 is 19.8 Å². The molecule has 0 heterocycles. The van der Waals surface area contributed by atoms with Gasteiger partial charge in [0.15, 0.2) is 0 Å². The number of anilines is 3. The molecule has 0 atom stereocenters. The van der Waals surface area contributed by atoms with E-state index in [2.05, 4.69) is 4.90 Å². The lowest BCUT2D eigenvalue weighted by atomic mass is 10.1. The predicted octanol–water partition coefficient (Wildman–Crippen LogP) is 5.19. The molecule has 148 valence electrons. The van der Waals surface area contributed by atoms with E-state index in [0.29, 0.717) is 12.8 Å². The fourth-order valence-corrected chi connectivity index (χ4v) is 3.15. The molecule has 3 aromatic rings. The summed E-state index contributed by atoms with van der Waals surface area (Å²) in [6.45, 7) is 0. The molecule has 5 nitrogen and oxygen atoms in total. The number of carbonyl (C=O) groups is 2. The van der Waals surface area contributed by atoms with Crippen molar-refractivity contribution in [3.63, 3.8) is 0 Å². The Bertz CT molecular complexity index is 889. The zero-order valence-electron chi connectivity index (χ0n) is 16.0. The maximum atomic E-state index is 10.8. The van der Waals surface area contributed by atoms with Gasteiger partial charge in [0.25, 0.3) is 0 Å². The molecule has 0 spiro atoms. The number of carboxylic acids is 2. The first-order valence-electron chi connectivity index (χ1n) is 9.49. The first-order chi connectivity index (χ1) is 14.0. The van der Waals surface area contributed by atoms with E-state index in [1.807, 2.05) is 78.9 Å². The molecule has 0 radical (unpaired) electrons. The first kappa shape index (κ1) is 20.1. The van der Waals surface area contributed by atoms with Gasteiger partial charge in [-0.25, -0.2) is 0 Å². The van der Waals surface area contributed by atoms with Gasteiger partial charge in [-0.1, -0.05) is 42.5 Å². The van der Waals surface area contributed by atoms with Crippen LogP contribution in [-0.4, -0.2) is 22.2 Å². The Balaban J connectivity index is 1.88. The number of hydrogen-bond donors (Lipinski definition) is 2. The minimum absolute atomic E-state index is 0.111. The molecule has 2 N–H and O–H groups in total. The topological polar surface area (TPSA) is 77.8 Å². The highest BCUT2D eigenvalue weighted by atomic mass is 16.4. The maximum Gasteiger partial charge on any atom is 0.303 e. The number of aliphatic carboxylic acids is 2. The molecule has 0 bridgehead atoms. The van der Waals surface area contributed by atoms with E-state index in [0.717, 1.165) is 28.2 Å². The van der Waals surface area contributed by atoms with Crippen LogP contribution in [0, 0.1) is 0 Å². The molecule has 0 saturated carbocycles. The van der Waals surface area contributed by atoms with Gasteiger partial charge >= 0.3 is 11.9 Å². The summed E-state index contributed by atoms with van der Waals surface area (Å²) in [7, 11) is 0. The standard InChI is InChI=1S/C24H23NO4/c26-23(27)16-10-18-6-12-21(13-7-18)25(20-4-2-1-3-5-20)22-14-8-19(9-15-22)11-17-24(28)29/h1-9,12-15H,10-11,16-17H2,(H,26,27)(H,28,29). The summed E-state index contributed by atoms with van der Waals surface area (Å²) in [6.07, 6.45) is 1.22. The van der Waals surface area contributed by atoms with Gasteiger partial charge in [0.2, 0.25) is 0 Å². The summed E-state index contributed by atoms with van der Waals surface area (Å²) >= 11 is 0. The highest BCUT2D eigenvalue weighted by Gasteiger charge is 2.12. The van der Waals surface area contributed by atoms with E-state index in [1.165, 1.54) is 0 Å². The van der Waals surface area contributed by atoms with Crippen molar-refractivity contribution >= 4 is 29.0 Å². The summed E-state index contributed by atoms with van der Waals surface area (Å²) < 4.78 is 0. The molecule has 0 unspecified atom stereocenters. The molecule has 0 aliphatic heterocycles. The van der Waals surface area contributed by atoms with Crippen molar-refractivity contribution in [1.82, 2.24) is 0 Å². The summed E-state index contributed by atoms with van der Waals surface area (Å²) in [5.41, 5.74) is 4.90. The molecule has 0 aliphatic carbocycles. The van der Waals surface area contributed by atoms with Crippen molar-refractivity contribution in [2.45, 2.75) is 25.7 Å². The Hall–Kier alpha value is -3.60. The molecule has 0 amide bonds. The van der Waals surface area contributed by atoms with Crippen molar-refractivity contribution in [1.29, 1.82) is 0 Å². The molecule has 0 saturated heterocycles. The highest BCUT2D eigenvalue weighted by Crippen LogP contribution is 2.34. The second kappa shape index (κ2) is 9.55. The smallest absolute Gasteiger partial charge is 0.303 e. The first-order valence-corrected chi connectivity index (χ1v) is 9.49. The zero-order valence-corrected chi connectivity index (χ0v) is 16.0. The lowest BCUT2D eigenvalue weighted by Crippen LogP contribution is -2.10. The van der Waals surface area contributed by atoms with Crippen LogP contribution < -0.4 is 4.90 Å². The van der Waals surface area contributed by atoms with Crippen LogP contribution in [-0.2, 0) is 22.4 Å². The summed E-state index contributed by atoms with van der Waals surface area (Å²) in [4.78, 5) is 23.7. The highest BCUT2D eigenvalue weighted by molar-refractivity contribution is 5.76. The lowest BCUT2D eigenvalue weighted by molar-refractivity contribution is -0.138. The number of aryl methyl sites for hydroxylation is 2. The van der Waals surface area contributed by atoms with Gasteiger partial charge in [-0.3, -0.25) is 9.59 Å². The molecule has 29 heavy (non-hydrogen) atoms. The Labute approximate surface area is 169 Å². The van der Waals surface area contributed by atoms with Gasteiger partial charge in [-0.15, -0.1) is 0 Å². The van der Waals surface area contributed by atoms with Crippen molar-refractivity contribution in [2.24, 2.45) is 0 Å². The lowest BCUT2D eigenvalue weighted by Gasteiger charge is -2.25. The quantitative estimate of drug-likeness (QED) is 0.526. The van der Waals surface area contributed by atoms with Crippen molar-refractivity contribution in [3.05, 3.63) is 90.0 Å². The van der Waals surface area contributed by atoms with E-state index in [1.54, 1.807) is 0 Å². The van der Waals surface area contributed by atoms with Gasteiger partial charge in [-0.05, 0) is 60.4 Å². The molecule has 5 heteroatoms. The van der Waals surface area contributed by atoms with Crippen LogP contribution in [0.1, 0.15) is 24.0 Å². The number of rotatable bonds is 9. The molecule has 3 aromatic carbocycles. The van der Waals surface area contributed by atoms with E-state index < -0.39 is 11.9 Å². The third-order valence-electron chi connectivity index (χ3n) is 4.66. The average molecular weight is 389 g/mol. The van der Waals surface area contributed by atoms with Gasteiger partial charge in [0.1, 0.15) is 0 Å². The minimum Gasteiger partial charge on any atom is -0.481 e. The van der Waals surface area contributed by atoms with Crippen LogP contribution in [0.25, 0.3) is 0 Å². The van der Waals surface area contributed by atoms with Crippen LogP contribution in [0.15, 0.2) is 78.9 Å². The third kappa shape index (κ3) is 5.69. The van der Waals surface area contributed by atoms with Crippen LogP contribution >= 0.6 is 0 Å². The second-order valence-corrected chi connectivity index (χ2v) is 6.79. The second-order valence-electron chi connectivity index (χ2n) is 6.79. The predicted molar refractivity (Wildman–Crippen MR) is 113 cm³/mol. The van der Waals surface area contributed by atoms with Crippen LogP contribution in [0.5, 0.6) is 0 Å². The number of benzene rings is 3. The van der Waals surface area contributed by atoms with Gasteiger partial charge in [0, 0.05) is 29.9 Å². The fraction of sp³-hybridized carbons (Fsp3) is 0.167. The molecule has 3 rings (SSSR count). The number of carboxylic acid groups (broad SMARTS) is 2. The zero-order chi connectivity index (χ0) is 20.6. The molecule has 0 aromatic heterocycles. The normalized spacial score (nSPS) is 10.5. The van der Waals surface area contributed by atoms with E-state index in [-0.39, 0.29) is 12.8 Å². The van der Waals surface area contributed by atoms with Crippen molar-refractivity contribution in [2.75, 3.05) is 4.90 Å². The maximum absolute atomic E-state index is 10.8. The number of para-hydroxylation sites is 1. The summed E-state index contributed by atoms with van der Waals surface area (Å²) in [6, 6.07) is 25.7. The third-order valence-corrected chi connectivity index (χ3v) is 4.66. The SMILES string of the molecule is O=C(O)CCc1ccc(N(c2ccccc2)c2ccc(CCC(=O)O)cc2)cc1. The van der Waals surface area contributed by atoms with Crippen LogP contribution in [0.3, 0.4) is 0 Å². The Morgan fingerprint density at radius 2 is 0.966 bits per heavy atom. The van der Waals surface area contributed by atoms with Crippen LogP contribution in [0.2, 0.25) is 0 Å². The van der Waals surface area contributed by atoms with Gasteiger partial charge < -0.3 is 15.1 Å².